The van der Waals surface area contributed by atoms with Gasteiger partial charge in [0.05, 0.1) is 26.9 Å². The van der Waals surface area contributed by atoms with Crippen LogP contribution in [0.3, 0.4) is 0 Å². The Morgan fingerprint density at radius 1 is 1.16 bits per heavy atom. The fourth-order valence-corrected chi connectivity index (χ4v) is 6.30. The number of carbonyl (C=O) groups excluding carboxylic acids is 2. The highest BCUT2D eigenvalue weighted by atomic mass is 32.1. The van der Waals surface area contributed by atoms with Crippen LogP contribution in [0, 0.1) is 0 Å². The van der Waals surface area contributed by atoms with E-state index in [1.165, 1.54) is 0 Å². The Balaban J connectivity index is 1.64. The number of fused-ring (bicyclic) bond motifs is 2. The highest BCUT2D eigenvalue weighted by molar-refractivity contribution is 7.18. The molecule has 1 aromatic heterocycles. The average Bonchev–Trinajstić information content (AvgIpc) is 3.22. The van der Waals surface area contributed by atoms with E-state index in [1.54, 1.807) is 30.1 Å². The first-order valence-electron chi connectivity index (χ1n) is 11.4. The zero-order valence-electron chi connectivity index (χ0n) is 18.6. The standard InChI is InChI=1S/C26H28N2O3S/c1-25(2,31)19-14-20-22(32-24(27-20)26(16-29)11-6-3-7-12-26)15-21(19)28-13-10-17-8-4-5-9-18(17)23(28)30/h4-5,8-9,14-16,31H,3,6-7,10-13H2,1-2H3. The van der Waals surface area contributed by atoms with Crippen LogP contribution in [0.15, 0.2) is 36.4 Å². The van der Waals surface area contributed by atoms with Crippen LogP contribution in [0.1, 0.15) is 72.4 Å². The van der Waals surface area contributed by atoms with Crippen molar-refractivity contribution in [1.29, 1.82) is 0 Å². The van der Waals surface area contributed by atoms with Crippen LogP contribution in [0.25, 0.3) is 10.2 Å². The summed E-state index contributed by atoms with van der Waals surface area (Å²) in [6.45, 7) is 4.04. The summed E-state index contributed by atoms with van der Waals surface area (Å²) in [4.78, 5) is 32.2. The third-order valence-electron chi connectivity index (χ3n) is 6.95. The number of aromatic nitrogens is 1. The number of hydrogen-bond acceptors (Lipinski definition) is 5. The number of aldehydes is 1. The SMILES string of the molecule is CC(C)(O)c1cc2nc(C3(C=O)CCCCC3)sc2cc1N1CCc2ccccc2C1=O. The topological polar surface area (TPSA) is 70.5 Å². The summed E-state index contributed by atoms with van der Waals surface area (Å²) in [6, 6.07) is 11.6. The summed E-state index contributed by atoms with van der Waals surface area (Å²) in [5.41, 5.74) is 2.32. The molecule has 0 unspecified atom stereocenters. The van der Waals surface area contributed by atoms with Crippen LogP contribution in [0.4, 0.5) is 5.69 Å². The molecule has 166 valence electrons. The van der Waals surface area contributed by atoms with Gasteiger partial charge >= 0.3 is 0 Å². The zero-order chi connectivity index (χ0) is 22.5. The first-order valence-corrected chi connectivity index (χ1v) is 12.2. The molecule has 2 aromatic carbocycles. The lowest BCUT2D eigenvalue weighted by atomic mass is 9.76. The average molecular weight is 449 g/mol. The van der Waals surface area contributed by atoms with Crippen LogP contribution >= 0.6 is 11.3 Å². The summed E-state index contributed by atoms with van der Waals surface area (Å²) >= 11 is 1.55. The van der Waals surface area contributed by atoms with Gasteiger partial charge in [-0.15, -0.1) is 11.3 Å². The Bertz CT molecular complexity index is 1200. The quantitative estimate of drug-likeness (QED) is 0.562. The largest absolute Gasteiger partial charge is 0.386 e. The Kier molecular flexibility index (Phi) is 5.18. The van der Waals surface area contributed by atoms with E-state index in [0.29, 0.717) is 17.7 Å². The van der Waals surface area contributed by atoms with Gasteiger partial charge in [-0.3, -0.25) is 4.79 Å². The first-order chi connectivity index (χ1) is 15.3. The Labute approximate surface area is 192 Å². The van der Waals surface area contributed by atoms with E-state index < -0.39 is 11.0 Å². The van der Waals surface area contributed by atoms with Gasteiger partial charge in [-0.1, -0.05) is 37.5 Å². The normalized spacial score (nSPS) is 18.6. The Morgan fingerprint density at radius 2 is 1.91 bits per heavy atom. The van der Waals surface area contributed by atoms with Crippen molar-refractivity contribution in [3.05, 3.63) is 58.1 Å². The number of rotatable bonds is 4. The predicted molar refractivity (Wildman–Crippen MR) is 128 cm³/mol. The minimum atomic E-state index is -1.14. The lowest BCUT2D eigenvalue weighted by Gasteiger charge is -2.33. The fraction of sp³-hybridized carbons (Fsp3) is 0.423. The number of benzene rings is 2. The summed E-state index contributed by atoms with van der Waals surface area (Å²) in [7, 11) is 0. The molecule has 1 fully saturated rings. The van der Waals surface area contributed by atoms with E-state index in [4.69, 9.17) is 4.98 Å². The second kappa shape index (κ2) is 7.78. The molecule has 1 N–H and O–H groups in total. The molecular weight excluding hydrogens is 420 g/mol. The molecule has 0 spiro atoms. The molecule has 0 atom stereocenters. The molecule has 6 heteroatoms. The minimum Gasteiger partial charge on any atom is -0.386 e. The van der Waals surface area contributed by atoms with Crippen molar-refractivity contribution in [2.75, 3.05) is 11.4 Å². The van der Waals surface area contributed by atoms with E-state index >= 15 is 0 Å². The number of amides is 1. The van der Waals surface area contributed by atoms with Crippen molar-refractivity contribution >= 4 is 39.4 Å². The van der Waals surface area contributed by atoms with Crippen molar-refractivity contribution in [3.63, 3.8) is 0 Å². The number of carbonyl (C=O) groups is 2. The van der Waals surface area contributed by atoms with Crippen molar-refractivity contribution in [3.8, 4) is 0 Å². The third-order valence-corrected chi connectivity index (χ3v) is 8.19. The van der Waals surface area contributed by atoms with Crippen molar-refractivity contribution in [2.24, 2.45) is 0 Å². The summed E-state index contributed by atoms with van der Waals surface area (Å²) < 4.78 is 0.946. The molecule has 5 rings (SSSR count). The number of nitrogens with zero attached hydrogens (tertiary/aromatic N) is 2. The summed E-state index contributed by atoms with van der Waals surface area (Å²) in [6.07, 6.45) is 6.77. The van der Waals surface area contributed by atoms with E-state index in [-0.39, 0.29) is 5.91 Å². The smallest absolute Gasteiger partial charge is 0.258 e. The van der Waals surface area contributed by atoms with Gasteiger partial charge in [0.1, 0.15) is 11.3 Å². The van der Waals surface area contributed by atoms with Crippen LogP contribution in [0.2, 0.25) is 0 Å². The zero-order valence-corrected chi connectivity index (χ0v) is 19.4. The highest BCUT2D eigenvalue weighted by Crippen LogP contribution is 2.44. The molecule has 2 heterocycles. The second-order valence-electron chi connectivity index (χ2n) is 9.61. The molecule has 1 saturated carbocycles. The van der Waals surface area contributed by atoms with E-state index in [1.807, 2.05) is 36.4 Å². The van der Waals surface area contributed by atoms with Gasteiger partial charge in [-0.25, -0.2) is 4.98 Å². The van der Waals surface area contributed by atoms with Crippen molar-refractivity contribution < 1.29 is 14.7 Å². The molecule has 0 saturated heterocycles. The summed E-state index contributed by atoms with van der Waals surface area (Å²) in [5, 5.41) is 11.8. The van der Waals surface area contributed by atoms with Gasteiger partial charge in [-0.2, -0.15) is 0 Å². The lowest BCUT2D eigenvalue weighted by molar-refractivity contribution is -0.113. The van der Waals surface area contributed by atoms with E-state index in [9.17, 15) is 14.7 Å². The van der Waals surface area contributed by atoms with Gasteiger partial charge in [-0.05, 0) is 56.9 Å². The highest BCUT2D eigenvalue weighted by Gasteiger charge is 2.37. The van der Waals surface area contributed by atoms with Gasteiger partial charge < -0.3 is 14.8 Å². The van der Waals surface area contributed by atoms with Crippen LogP contribution in [-0.4, -0.2) is 28.8 Å². The van der Waals surface area contributed by atoms with E-state index in [0.717, 1.165) is 71.3 Å². The van der Waals surface area contributed by atoms with Gasteiger partial charge in [0.25, 0.3) is 5.91 Å². The van der Waals surface area contributed by atoms with Gasteiger partial charge in [0.15, 0.2) is 0 Å². The number of anilines is 1. The van der Waals surface area contributed by atoms with Crippen molar-refractivity contribution in [1.82, 2.24) is 4.98 Å². The number of aliphatic hydroxyl groups is 1. The predicted octanol–water partition coefficient (Wildman–Crippen LogP) is 5.13. The second-order valence-corrected chi connectivity index (χ2v) is 10.6. The molecule has 3 aromatic rings. The Hall–Kier alpha value is -2.57. The summed E-state index contributed by atoms with van der Waals surface area (Å²) in [5.74, 6) is -0.0434. The number of hydrogen-bond donors (Lipinski definition) is 1. The van der Waals surface area contributed by atoms with Crippen LogP contribution in [-0.2, 0) is 22.2 Å². The molecule has 32 heavy (non-hydrogen) atoms. The molecule has 1 aliphatic carbocycles. The minimum absolute atomic E-state index is 0.0434. The maximum Gasteiger partial charge on any atom is 0.258 e. The third kappa shape index (κ3) is 3.46. The molecular formula is C26H28N2O3S. The molecule has 0 radical (unpaired) electrons. The van der Waals surface area contributed by atoms with Crippen LogP contribution < -0.4 is 4.90 Å². The molecule has 0 bridgehead atoms. The first kappa shape index (κ1) is 21.3. The lowest BCUT2D eigenvalue weighted by Crippen LogP contribution is -2.39. The van der Waals surface area contributed by atoms with Gasteiger partial charge in [0, 0.05) is 17.7 Å². The molecule has 5 nitrogen and oxygen atoms in total. The van der Waals surface area contributed by atoms with Gasteiger partial charge in [0.2, 0.25) is 0 Å². The molecule has 1 aliphatic heterocycles. The monoisotopic (exact) mass is 448 g/mol. The van der Waals surface area contributed by atoms with Crippen molar-refractivity contribution in [2.45, 2.75) is 63.4 Å². The maximum atomic E-state index is 13.4. The molecule has 2 aliphatic rings. The molecule has 1 amide bonds. The fourth-order valence-electron chi connectivity index (χ4n) is 5.11. The number of thiazole rings is 1. The van der Waals surface area contributed by atoms with Crippen LogP contribution in [0.5, 0.6) is 0 Å². The maximum absolute atomic E-state index is 13.4. The Morgan fingerprint density at radius 3 is 2.62 bits per heavy atom. The van der Waals surface area contributed by atoms with E-state index in [2.05, 4.69) is 0 Å².